The van der Waals surface area contributed by atoms with Gasteiger partial charge in [0.25, 0.3) is 0 Å². The van der Waals surface area contributed by atoms with Gasteiger partial charge in [-0.05, 0) is 31.2 Å². The highest BCUT2D eigenvalue weighted by molar-refractivity contribution is 5.83. The van der Waals surface area contributed by atoms with Gasteiger partial charge in [0.15, 0.2) is 5.82 Å². The molecule has 0 unspecified atom stereocenters. The highest BCUT2D eigenvalue weighted by Gasteiger charge is 2.30. The molecule has 0 bridgehead atoms. The van der Waals surface area contributed by atoms with E-state index in [1.165, 1.54) is 0 Å². The molecule has 1 aromatic carbocycles. The summed E-state index contributed by atoms with van der Waals surface area (Å²) >= 11 is 0. The number of H-pyrrole nitrogens is 1. The van der Waals surface area contributed by atoms with Crippen molar-refractivity contribution < 1.29 is 19.1 Å². The molecule has 1 aliphatic rings. The maximum atomic E-state index is 11.9. The summed E-state index contributed by atoms with van der Waals surface area (Å²) in [5.74, 6) is 0.630. The Morgan fingerprint density at radius 1 is 1.21 bits per heavy atom. The van der Waals surface area contributed by atoms with Crippen molar-refractivity contribution in [1.82, 2.24) is 15.5 Å². The Kier molecular flexibility index (Phi) is 6.89. The van der Waals surface area contributed by atoms with E-state index in [2.05, 4.69) is 20.8 Å². The van der Waals surface area contributed by atoms with Crippen LogP contribution in [0.5, 0.6) is 0 Å². The average molecular weight is 386 g/mol. The first-order chi connectivity index (χ1) is 13.6. The Bertz CT molecular complexity index is 778. The summed E-state index contributed by atoms with van der Waals surface area (Å²) in [5, 5.41) is 12.4. The molecule has 1 aromatic heterocycles. The molecule has 0 radical (unpaired) electrons. The number of aromatic amines is 1. The smallest absolute Gasteiger partial charge is 0.413 e. The van der Waals surface area contributed by atoms with E-state index in [9.17, 15) is 9.59 Å². The van der Waals surface area contributed by atoms with Crippen LogP contribution in [0.2, 0.25) is 0 Å². The summed E-state index contributed by atoms with van der Waals surface area (Å²) < 4.78 is 10.6. The van der Waals surface area contributed by atoms with Crippen LogP contribution in [0.15, 0.2) is 36.4 Å². The van der Waals surface area contributed by atoms with Gasteiger partial charge in [0.2, 0.25) is 0 Å². The fourth-order valence-corrected chi connectivity index (χ4v) is 3.22. The minimum Gasteiger partial charge on any atom is -0.446 e. The largest absolute Gasteiger partial charge is 0.446 e. The van der Waals surface area contributed by atoms with Gasteiger partial charge in [-0.1, -0.05) is 37.3 Å². The van der Waals surface area contributed by atoms with Crippen molar-refractivity contribution in [3.05, 3.63) is 47.7 Å². The van der Waals surface area contributed by atoms with E-state index >= 15 is 0 Å². The molecule has 1 heterocycles. The number of amides is 2. The quantitative estimate of drug-likeness (QED) is 0.669. The zero-order valence-electron chi connectivity index (χ0n) is 15.9. The number of ether oxygens (including phenoxy) is 2. The molecule has 0 spiro atoms. The van der Waals surface area contributed by atoms with Crippen LogP contribution in [0.3, 0.4) is 0 Å². The van der Waals surface area contributed by atoms with Crippen LogP contribution in [0.1, 0.15) is 49.8 Å². The molecule has 2 amide bonds. The Morgan fingerprint density at radius 3 is 2.82 bits per heavy atom. The number of anilines is 1. The second-order valence-electron chi connectivity index (χ2n) is 6.86. The summed E-state index contributed by atoms with van der Waals surface area (Å²) in [4.78, 5) is 23.6. The lowest BCUT2D eigenvalue weighted by atomic mass is 10.0. The summed E-state index contributed by atoms with van der Waals surface area (Å²) in [7, 11) is 0. The lowest BCUT2D eigenvalue weighted by molar-refractivity contribution is 0.100. The highest BCUT2D eigenvalue weighted by Crippen LogP contribution is 2.35. The van der Waals surface area contributed by atoms with E-state index in [-0.39, 0.29) is 24.7 Å². The van der Waals surface area contributed by atoms with E-state index in [1.54, 1.807) is 6.07 Å². The predicted molar refractivity (Wildman–Crippen MR) is 104 cm³/mol. The number of hydrogen-bond donors (Lipinski definition) is 3. The van der Waals surface area contributed by atoms with Gasteiger partial charge in [0, 0.05) is 24.2 Å². The lowest BCUT2D eigenvalue weighted by Gasteiger charge is -2.12. The fraction of sp³-hybridized carbons (Fsp3) is 0.450. The van der Waals surface area contributed by atoms with Crippen molar-refractivity contribution in [2.45, 2.75) is 51.2 Å². The molecule has 0 saturated heterocycles. The van der Waals surface area contributed by atoms with Gasteiger partial charge in [-0.15, -0.1) is 0 Å². The minimum atomic E-state index is -0.554. The average Bonchev–Trinajstić information content (AvgIpc) is 3.35. The maximum absolute atomic E-state index is 11.9. The van der Waals surface area contributed by atoms with Gasteiger partial charge < -0.3 is 14.8 Å². The molecular formula is C20H26N4O4. The number of hydrogen-bond acceptors (Lipinski definition) is 5. The third-order valence-electron chi connectivity index (χ3n) is 4.66. The molecule has 28 heavy (non-hydrogen) atoms. The molecule has 0 aliphatic heterocycles. The minimum absolute atomic E-state index is 0.0996. The second-order valence-corrected chi connectivity index (χ2v) is 6.86. The third-order valence-corrected chi connectivity index (χ3v) is 4.66. The van der Waals surface area contributed by atoms with Crippen molar-refractivity contribution in [3.63, 3.8) is 0 Å². The van der Waals surface area contributed by atoms with Crippen molar-refractivity contribution >= 4 is 18.0 Å². The van der Waals surface area contributed by atoms with Gasteiger partial charge in [-0.2, -0.15) is 5.10 Å². The topological polar surface area (TPSA) is 105 Å². The number of rotatable bonds is 7. The van der Waals surface area contributed by atoms with Crippen LogP contribution in [0.25, 0.3) is 0 Å². The van der Waals surface area contributed by atoms with Gasteiger partial charge in [0.05, 0.1) is 0 Å². The summed E-state index contributed by atoms with van der Waals surface area (Å²) in [6.07, 6.45) is 2.30. The number of benzene rings is 1. The number of nitrogens with zero attached hydrogens (tertiary/aromatic N) is 1. The van der Waals surface area contributed by atoms with Gasteiger partial charge in [-0.25, -0.2) is 9.59 Å². The molecular weight excluding hydrogens is 360 g/mol. The molecule has 8 nitrogen and oxygen atoms in total. The molecule has 8 heteroatoms. The van der Waals surface area contributed by atoms with Crippen LogP contribution >= 0.6 is 0 Å². The van der Waals surface area contributed by atoms with E-state index < -0.39 is 6.09 Å². The highest BCUT2D eigenvalue weighted by atomic mass is 16.6. The molecule has 2 aromatic rings. The van der Waals surface area contributed by atoms with Crippen molar-refractivity contribution in [1.29, 1.82) is 0 Å². The summed E-state index contributed by atoms with van der Waals surface area (Å²) in [6.45, 7) is 2.81. The Labute approximate surface area is 164 Å². The van der Waals surface area contributed by atoms with Crippen molar-refractivity contribution in [2.24, 2.45) is 0 Å². The van der Waals surface area contributed by atoms with Gasteiger partial charge in [-0.3, -0.25) is 10.4 Å². The molecule has 3 rings (SSSR count). The van der Waals surface area contributed by atoms with Crippen LogP contribution in [-0.4, -0.2) is 35.0 Å². The normalized spacial score (nSPS) is 18.5. The van der Waals surface area contributed by atoms with Crippen LogP contribution < -0.4 is 10.6 Å². The first-order valence-electron chi connectivity index (χ1n) is 9.61. The SMILES string of the molecule is CCCNC(=O)O[C@@H]1CC[C@H](c2cc(NC(=O)OCc3ccccc3)n[nH]2)C1. The standard InChI is InChI=1S/C20H26N4O4/c1-2-10-21-19(25)28-16-9-8-15(11-16)17-12-18(24-23-17)22-20(26)27-13-14-6-4-3-5-7-14/h3-7,12,15-16H,2,8-11,13H2,1H3,(H,21,25)(H2,22,23,24,26)/t15-,16+/m0/s1. The second kappa shape index (κ2) is 9.77. The van der Waals surface area contributed by atoms with Crippen LogP contribution in [0.4, 0.5) is 15.4 Å². The Morgan fingerprint density at radius 2 is 2.04 bits per heavy atom. The van der Waals surface area contributed by atoms with Crippen molar-refractivity contribution in [2.75, 3.05) is 11.9 Å². The van der Waals surface area contributed by atoms with Crippen LogP contribution in [-0.2, 0) is 16.1 Å². The molecule has 150 valence electrons. The lowest BCUT2D eigenvalue weighted by Crippen LogP contribution is -2.28. The Balaban J connectivity index is 1.44. The first kappa shape index (κ1) is 19.7. The van der Waals surface area contributed by atoms with E-state index in [0.29, 0.717) is 12.4 Å². The predicted octanol–water partition coefficient (Wildman–Crippen LogP) is 3.93. The third kappa shape index (κ3) is 5.73. The molecule has 1 saturated carbocycles. The van der Waals surface area contributed by atoms with Crippen LogP contribution in [0, 0.1) is 0 Å². The molecule has 1 fully saturated rings. The Hall–Kier alpha value is -3.03. The number of aromatic nitrogens is 2. The van der Waals surface area contributed by atoms with E-state index in [1.807, 2.05) is 37.3 Å². The van der Waals surface area contributed by atoms with E-state index in [0.717, 1.165) is 36.9 Å². The number of alkyl carbamates (subject to hydrolysis) is 1. The zero-order chi connectivity index (χ0) is 19.8. The number of carbonyl (C=O) groups is 2. The van der Waals surface area contributed by atoms with Gasteiger partial charge in [0.1, 0.15) is 12.7 Å². The van der Waals surface area contributed by atoms with Crippen molar-refractivity contribution in [3.8, 4) is 0 Å². The molecule has 2 atom stereocenters. The zero-order valence-corrected chi connectivity index (χ0v) is 15.9. The summed E-state index contributed by atoms with van der Waals surface area (Å²) in [5.41, 5.74) is 1.83. The maximum Gasteiger partial charge on any atom is 0.413 e. The number of nitrogens with one attached hydrogen (secondary N) is 3. The molecule has 1 aliphatic carbocycles. The summed E-state index contributed by atoms with van der Waals surface area (Å²) in [6, 6.07) is 11.3. The van der Waals surface area contributed by atoms with Gasteiger partial charge >= 0.3 is 12.2 Å². The number of carbonyl (C=O) groups excluding carboxylic acids is 2. The fourth-order valence-electron chi connectivity index (χ4n) is 3.22. The molecule has 3 N–H and O–H groups in total. The monoisotopic (exact) mass is 386 g/mol. The first-order valence-corrected chi connectivity index (χ1v) is 9.61. The van der Waals surface area contributed by atoms with E-state index in [4.69, 9.17) is 9.47 Å².